The van der Waals surface area contributed by atoms with Crippen LogP contribution in [-0.2, 0) is 13.1 Å². The second kappa shape index (κ2) is 9.47. The van der Waals surface area contributed by atoms with Gasteiger partial charge in [0.1, 0.15) is 11.6 Å². The van der Waals surface area contributed by atoms with Crippen molar-refractivity contribution in [3.8, 4) is 5.75 Å². The number of carbonyl (C=O) groups excluding carboxylic acids is 1. The molecule has 0 aliphatic rings. The van der Waals surface area contributed by atoms with Gasteiger partial charge < -0.3 is 14.6 Å². The number of nitrogens with one attached hydrogen (secondary N) is 1. The summed E-state index contributed by atoms with van der Waals surface area (Å²) in [5.74, 6) is 1.63. The number of aryl methyl sites for hydroxylation is 3. The maximum atomic E-state index is 12.5. The highest BCUT2D eigenvalue weighted by Crippen LogP contribution is 2.17. The molecule has 1 N–H and O–H groups in total. The van der Waals surface area contributed by atoms with Crippen molar-refractivity contribution in [3.63, 3.8) is 0 Å². The van der Waals surface area contributed by atoms with Crippen molar-refractivity contribution < 1.29 is 9.53 Å². The van der Waals surface area contributed by atoms with Gasteiger partial charge in [-0.05, 0) is 56.7 Å². The van der Waals surface area contributed by atoms with Crippen LogP contribution in [0.1, 0.15) is 33.7 Å². The Hall–Kier alpha value is -3.60. The summed E-state index contributed by atoms with van der Waals surface area (Å²) in [4.78, 5) is 17.3. The highest BCUT2D eigenvalue weighted by atomic mass is 16.5. The van der Waals surface area contributed by atoms with E-state index in [-0.39, 0.29) is 5.91 Å². The van der Waals surface area contributed by atoms with Crippen LogP contribution < -0.4 is 10.1 Å². The highest BCUT2D eigenvalue weighted by molar-refractivity contribution is 5.94. The first kappa shape index (κ1) is 20.7. The van der Waals surface area contributed by atoms with Crippen LogP contribution in [0.5, 0.6) is 5.75 Å². The van der Waals surface area contributed by atoms with Crippen molar-refractivity contribution >= 4 is 16.9 Å². The van der Waals surface area contributed by atoms with Gasteiger partial charge in [0.25, 0.3) is 5.91 Å². The standard InChI is InChI=1S/C26H27N3O2/c1-19-8-12-21(13-9-19)26(30)27-18-25-28-23-6-3-4-7-24(23)29(25)16-5-17-31-22-14-10-20(2)11-15-22/h3-4,6-15H,5,16-18H2,1-2H3,(H,27,30). The fourth-order valence-corrected chi connectivity index (χ4v) is 3.52. The van der Waals surface area contributed by atoms with Crippen molar-refractivity contribution in [2.45, 2.75) is 33.4 Å². The topological polar surface area (TPSA) is 56.1 Å². The number of fused-ring (bicyclic) bond motifs is 1. The zero-order chi connectivity index (χ0) is 21.6. The van der Waals surface area contributed by atoms with Crippen LogP contribution in [0.15, 0.2) is 72.8 Å². The van der Waals surface area contributed by atoms with Crippen LogP contribution in [-0.4, -0.2) is 22.1 Å². The van der Waals surface area contributed by atoms with E-state index in [2.05, 4.69) is 22.9 Å². The first-order valence-corrected chi connectivity index (χ1v) is 10.6. The van der Waals surface area contributed by atoms with E-state index in [9.17, 15) is 4.79 Å². The van der Waals surface area contributed by atoms with Crippen LogP contribution in [0.4, 0.5) is 0 Å². The number of rotatable bonds is 8. The lowest BCUT2D eigenvalue weighted by Gasteiger charge is -2.11. The Balaban J connectivity index is 1.42. The van der Waals surface area contributed by atoms with Crippen LogP contribution in [0.25, 0.3) is 11.0 Å². The fraction of sp³-hybridized carbons (Fsp3) is 0.231. The molecule has 0 atom stereocenters. The number of benzene rings is 3. The van der Waals surface area contributed by atoms with Crippen molar-refractivity contribution in [2.75, 3.05) is 6.61 Å². The van der Waals surface area contributed by atoms with Gasteiger partial charge in [0, 0.05) is 12.1 Å². The molecule has 0 spiro atoms. The van der Waals surface area contributed by atoms with E-state index < -0.39 is 0 Å². The van der Waals surface area contributed by atoms with Crippen molar-refractivity contribution in [2.24, 2.45) is 0 Å². The summed E-state index contributed by atoms with van der Waals surface area (Å²) in [5, 5.41) is 3.00. The summed E-state index contributed by atoms with van der Waals surface area (Å²) >= 11 is 0. The third-order valence-electron chi connectivity index (χ3n) is 5.27. The van der Waals surface area contributed by atoms with E-state index in [4.69, 9.17) is 9.72 Å². The monoisotopic (exact) mass is 413 g/mol. The zero-order valence-corrected chi connectivity index (χ0v) is 18.0. The van der Waals surface area contributed by atoms with Gasteiger partial charge in [0.2, 0.25) is 0 Å². The molecule has 0 aliphatic carbocycles. The molecular formula is C26H27N3O2. The number of hydrogen-bond donors (Lipinski definition) is 1. The van der Waals surface area contributed by atoms with Crippen LogP contribution in [0.3, 0.4) is 0 Å². The molecule has 0 fully saturated rings. The maximum Gasteiger partial charge on any atom is 0.251 e. The second-order valence-electron chi connectivity index (χ2n) is 7.73. The molecule has 1 amide bonds. The molecule has 1 aromatic heterocycles. The lowest BCUT2D eigenvalue weighted by atomic mass is 10.1. The van der Waals surface area contributed by atoms with Crippen molar-refractivity contribution in [1.29, 1.82) is 0 Å². The van der Waals surface area contributed by atoms with E-state index in [0.717, 1.165) is 41.1 Å². The number of aromatic nitrogens is 2. The normalized spacial score (nSPS) is 10.9. The van der Waals surface area contributed by atoms with E-state index >= 15 is 0 Å². The summed E-state index contributed by atoms with van der Waals surface area (Å²) in [6, 6.07) is 23.7. The van der Waals surface area contributed by atoms with Gasteiger partial charge >= 0.3 is 0 Å². The minimum atomic E-state index is -0.0960. The van der Waals surface area contributed by atoms with Crippen LogP contribution in [0.2, 0.25) is 0 Å². The Labute approximate surface area is 182 Å². The fourth-order valence-electron chi connectivity index (χ4n) is 3.52. The molecule has 1 heterocycles. The lowest BCUT2D eigenvalue weighted by molar-refractivity contribution is 0.0949. The lowest BCUT2D eigenvalue weighted by Crippen LogP contribution is -2.25. The van der Waals surface area contributed by atoms with Crippen LogP contribution >= 0.6 is 0 Å². The number of para-hydroxylation sites is 2. The van der Waals surface area contributed by atoms with Gasteiger partial charge in [-0.1, -0.05) is 47.5 Å². The Morgan fingerprint density at radius 1 is 0.935 bits per heavy atom. The molecule has 0 saturated heterocycles. The molecule has 5 heteroatoms. The second-order valence-corrected chi connectivity index (χ2v) is 7.73. The molecule has 0 radical (unpaired) electrons. The third kappa shape index (κ3) is 5.12. The molecule has 158 valence electrons. The van der Waals surface area contributed by atoms with Gasteiger partial charge in [-0.25, -0.2) is 4.98 Å². The van der Waals surface area contributed by atoms with Crippen molar-refractivity contribution in [1.82, 2.24) is 14.9 Å². The molecule has 0 aliphatic heterocycles. The first-order chi connectivity index (χ1) is 15.1. The van der Waals surface area contributed by atoms with E-state index in [0.29, 0.717) is 18.7 Å². The predicted octanol–water partition coefficient (Wildman–Crippen LogP) is 5.05. The summed E-state index contributed by atoms with van der Waals surface area (Å²) in [5.41, 5.74) is 5.00. The number of amides is 1. The number of nitrogens with zero attached hydrogens (tertiary/aromatic N) is 2. The zero-order valence-electron chi connectivity index (χ0n) is 18.0. The van der Waals surface area contributed by atoms with E-state index in [1.165, 1.54) is 5.56 Å². The SMILES string of the molecule is Cc1ccc(OCCCn2c(CNC(=O)c3ccc(C)cc3)nc3ccccc32)cc1. The molecular weight excluding hydrogens is 386 g/mol. The van der Waals surface area contributed by atoms with Crippen LogP contribution in [0, 0.1) is 13.8 Å². The average Bonchev–Trinajstić information content (AvgIpc) is 3.14. The molecule has 3 aromatic carbocycles. The van der Waals surface area contributed by atoms with E-state index in [1.54, 1.807) is 0 Å². The summed E-state index contributed by atoms with van der Waals surface area (Å²) < 4.78 is 8.04. The largest absolute Gasteiger partial charge is 0.494 e. The number of ether oxygens (including phenoxy) is 1. The Bertz CT molecular complexity index is 1160. The van der Waals surface area contributed by atoms with Gasteiger partial charge in [0.05, 0.1) is 24.2 Å². The first-order valence-electron chi connectivity index (χ1n) is 10.6. The van der Waals surface area contributed by atoms with Gasteiger partial charge in [-0.3, -0.25) is 4.79 Å². The minimum Gasteiger partial charge on any atom is -0.494 e. The Morgan fingerprint density at radius 2 is 1.61 bits per heavy atom. The van der Waals surface area contributed by atoms with Gasteiger partial charge in [0.15, 0.2) is 0 Å². The third-order valence-corrected chi connectivity index (χ3v) is 5.27. The quantitative estimate of drug-likeness (QED) is 0.411. The molecule has 31 heavy (non-hydrogen) atoms. The molecule has 0 unspecified atom stereocenters. The predicted molar refractivity (Wildman–Crippen MR) is 123 cm³/mol. The van der Waals surface area contributed by atoms with Crippen molar-refractivity contribution in [3.05, 3.63) is 95.3 Å². The molecule has 4 aromatic rings. The van der Waals surface area contributed by atoms with Gasteiger partial charge in [-0.15, -0.1) is 0 Å². The molecule has 4 rings (SSSR count). The highest BCUT2D eigenvalue weighted by Gasteiger charge is 2.12. The number of imidazole rings is 1. The summed E-state index contributed by atoms with van der Waals surface area (Å²) in [7, 11) is 0. The Kier molecular flexibility index (Phi) is 6.32. The average molecular weight is 414 g/mol. The Morgan fingerprint density at radius 3 is 2.35 bits per heavy atom. The number of hydrogen-bond acceptors (Lipinski definition) is 3. The molecule has 0 saturated carbocycles. The van der Waals surface area contributed by atoms with E-state index in [1.807, 2.05) is 73.7 Å². The van der Waals surface area contributed by atoms with Gasteiger partial charge in [-0.2, -0.15) is 0 Å². The number of carbonyl (C=O) groups is 1. The smallest absolute Gasteiger partial charge is 0.251 e. The summed E-state index contributed by atoms with van der Waals surface area (Å²) in [6.07, 6.45) is 0.840. The molecule has 0 bridgehead atoms. The maximum absolute atomic E-state index is 12.5. The minimum absolute atomic E-state index is 0.0960. The molecule has 5 nitrogen and oxygen atoms in total. The summed E-state index contributed by atoms with van der Waals surface area (Å²) in [6.45, 7) is 5.83.